The van der Waals surface area contributed by atoms with Crippen molar-refractivity contribution in [1.82, 2.24) is 0 Å². The lowest BCUT2D eigenvalue weighted by molar-refractivity contribution is -0.229. The third kappa shape index (κ3) is 2.56. The lowest BCUT2D eigenvalue weighted by Crippen LogP contribution is -2.64. The molecular formula is C29H50. The van der Waals surface area contributed by atoms with Crippen LogP contribution < -0.4 is 0 Å². The second-order valence-corrected chi connectivity index (χ2v) is 14.2. The Morgan fingerprint density at radius 2 is 1.45 bits per heavy atom. The number of hydrogen-bond donors (Lipinski definition) is 0. The van der Waals surface area contributed by atoms with Crippen molar-refractivity contribution in [2.24, 2.45) is 63.1 Å². The Hall–Kier alpha value is 0. The van der Waals surface area contributed by atoms with Gasteiger partial charge in [-0.05, 0) is 121 Å². The van der Waals surface area contributed by atoms with Crippen LogP contribution >= 0.6 is 0 Å². The maximum atomic E-state index is 2.81. The summed E-state index contributed by atoms with van der Waals surface area (Å²) in [6, 6.07) is 0. The Labute approximate surface area is 182 Å². The van der Waals surface area contributed by atoms with E-state index in [9.17, 15) is 0 Å². The van der Waals surface area contributed by atoms with Gasteiger partial charge >= 0.3 is 0 Å². The molecule has 10 unspecified atom stereocenters. The van der Waals surface area contributed by atoms with Crippen LogP contribution in [0, 0.1) is 63.1 Å². The molecule has 0 heteroatoms. The van der Waals surface area contributed by atoms with Gasteiger partial charge in [0.2, 0.25) is 0 Å². The summed E-state index contributed by atoms with van der Waals surface area (Å²) in [6.07, 6.45) is 16.8. The summed E-state index contributed by atoms with van der Waals surface area (Å²) < 4.78 is 0. The SMILES string of the molecule is CC(C)C1CCC2(C)CCC3(C)C(CCC4C5(C)CCCC(C)C5CCC43C)C12. The summed E-state index contributed by atoms with van der Waals surface area (Å²) in [6.45, 7) is 18.8. The fraction of sp³-hybridized carbons (Fsp3) is 1.00. The van der Waals surface area contributed by atoms with Crippen LogP contribution in [0.4, 0.5) is 0 Å². The third-order valence-corrected chi connectivity index (χ3v) is 13.2. The molecular weight excluding hydrogens is 348 g/mol. The Morgan fingerprint density at radius 1 is 0.690 bits per heavy atom. The molecule has 10 atom stereocenters. The van der Waals surface area contributed by atoms with E-state index in [4.69, 9.17) is 0 Å². The molecule has 0 aromatic carbocycles. The molecule has 5 saturated carbocycles. The number of hydrogen-bond acceptors (Lipinski definition) is 0. The first-order chi connectivity index (χ1) is 13.6. The summed E-state index contributed by atoms with van der Waals surface area (Å²) in [5.74, 6) is 6.85. The Kier molecular flexibility index (Phi) is 4.69. The minimum absolute atomic E-state index is 0.587. The van der Waals surface area contributed by atoms with Crippen molar-refractivity contribution < 1.29 is 0 Å². The highest BCUT2D eigenvalue weighted by molar-refractivity contribution is 5.17. The average Bonchev–Trinajstić information content (AvgIpc) is 3.00. The first-order valence-corrected chi connectivity index (χ1v) is 13.6. The van der Waals surface area contributed by atoms with Crippen molar-refractivity contribution in [2.45, 2.75) is 119 Å². The molecule has 0 nitrogen and oxygen atoms in total. The number of rotatable bonds is 1. The van der Waals surface area contributed by atoms with Crippen molar-refractivity contribution in [1.29, 1.82) is 0 Å². The predicted octanol–water partition coefficient (Wildman–Crippen LogP) is 8.74. The highest BCUT2D eigenvalue weighted by Crippen LogP contribution is 2.76. The monoisotopic (exact) mass is 398 g/mol. The van der Waals surface area contributed by atoms with E-state index in [-0.39, 0.29) is 0 Å². The smallest absolute Gasteiger partial charge is 0.0235 e. The van der Waals surface area contributed by atoms with Crippen molar-refractivity contribution in [3.8, 4) is 0 Å². The quantitative estimate of drug-likeness (QED) is 0.414. The summed E-state index contributed by atoms with van der Waals surface area (Å²) in [7, 11) is 0. The van der Waals surface area contributed by atoms with E-state index in [1.807, 2.05) is 0 Å². The molecule has 0 heterocycles. The number of fused-ring (bicyclic) bond motifs is 7. The molecule has 166 valence electrons. The second-order valence-electron chi connectivity index (χ2n) is 14.2. The van der Waals surface area contributed by atoms with E-state index in [2.05, 4.69) is 48.5 Å². The minimum Gasteiger partial charge on any atom is -0.0625 e. The summed E-state index contributed by atoms with van der Waals surface area (Å²) in [4.78, 5) is 0. The Balaban J connectivity index is 1.54. The van der Waals surface area contributed by atoms with Crippen LogP contribution in [0.1, 0.15) is 119 Å². The zero-order valence-corrected chi connectivity index (χ0v) is 20.8. The van der Waals surface area contributed by atoms with Crippen molar-refractivity contribution >= 4 is 0 Å². The fourth-order valence-electron chi connectivity index (χ4n) is 11.4. The normalized spacial score (nSPS) is 59.6. The molecule has 0 amide bonds. The lowest BCUT2D eigenvalue weighted by Gasteiger charge is -2.72. The fourth-order valence-corrected chi connectivity index (χ4v) is 11.4. The molecule has 5 fully saturated rings. The van der Waals surface area contributed by atoms with Gasteiger partial charge in [0.1, 0.15) is 0 Å². The van der Waals surface area contributed by atoms with E-state index in [0.29, 0.717) is 21.7 Å². The van der Waals surface area contributed by atoms with Crippen molar-refractivity contribution in [3.05, 3.63) is 0 Å². The van der Waals surface area contributed by atoms with Crippen molar-refractivity contribution in [3.63, 3.8) is 0 Å². The molecule has 5 aliphatic carbocycles. The van der Waals surface area contributed by atoms with E-state index in [1.54, 1.807) is 12.8 Å². The van der Waals surface area contributed by atoms with Gasteiger partial charge in [-0.25, -0.2) is 0 Å². The van der Waals surface area contributed by atoms with Gasteiger partial charge in [0.15, 0.2) is 0 Å². The van der Waals surface area contributed by atoms with E-state index < -0.39 is 0 Å². The van der Waals surface area contributed by atoms with Gasteiger partial charge in [0.25, 0.3) is 0 Å². The molecule has 29 heavy (non-hydrogen) atoms. The van der Waals surface area contributed by atoms with Crippen LogP contribution in [0.5, 0.6) is 0 Å². The van der Waals surface area contributed by atoms with Crippen LogP contribution in [0.3, 0.4) is 0 Å². The van der Waals surface area contributed by atoms with Gasteiger partial charge in [-0.15, -0.1) is 0 Å². The van der Waals surface area contributed by atoms with Gasteiger partial charge in [-0.1, -0.05) is 61.3 Å². The molecule has 5 aliphatic rings. The molecule has 0 spiro atoms. The molecule has 0 aromatic rings. The van der Waals surface area contributed by atoms with Crippen molar-refractivity contribution in [2.75, 3.05) is 0 Å². The van der Waals surface area contributed by atoms with Crippen LogP contribution in [0.25, 0.3) is 0 Å². The molecule has 0 saturated heterocycles. The molecule has 5 rings (SSSR count). The molecule has 0 radical (unpaired) electrons. The second kappa shape index (κ2) is 6.51. The lowest BCUT2D eigenvalue weighted by atomic mass is 9.33. The zero-order valence-electron chi connectivity index (χ0n) is 20.8. The van der Waals surface area contributed by atoms with E-state index in [0.717, 1.165) is 41.4 Å². The van der Waals surface area contributed by atoms with Gasteiger partial charge in [-0.2, -0.15) is 0 Å². The highest BCUT2D eigenvalue weighted by Gasteiger charge is 2.68. The molecule has 0 aliphatic heterocycles. The minimum atomic E-state index is 0.587. The van der Waals surface area contributed by atoms with Gasteiger partial charge in [0.05, 0.1) is 0 Å². The maximum absolute atomic E-state index is 2.81. The zero-order chi connectivity index (χ0) is 20.8. The Morgan fingerprint density at radius 3 is 2.17 bits per heavy atom. The molecule has 0 N–H and O–H groups in total. The standard InChI is InChI=1S/C29H50/c1-19(2)21-12-15-26(4)17-18-28(6)23(25(21)26)10-11-24-27(5)14-8-9-20(3)22(27)13-16-29(24,28)7/h19-25H,8-18H2,1-7H3. The molecule has 0 bridgehead atoms. The summed E-state index contributed by atoms with van der Waals surface area (Å²) in [5, 5.41) is 0. The first kappa shape index (κ1) is 20.9. The Bertz CT molecular complexity index is 648. The highest BCUT2D eigenvalue weighted by atomic mass is 14.7. The van der Waals surface area contributed by atoms with Crippen LogP contribution in [-0.2, 0) is 0 Å². The summed E-state index contributed by atoms with van der Waals surface area (Å²) >= 11 is 0. The van der Waals surface area contributed by atoms with Crippen LogP contribution in [0.15, 0.2) is 0 Å². The van der Waals surface area contributed by atoms with Crippen LogP contribution in [-0.4, -0.2) is 0 Å². The molecule has 0 aromatic heterocycles. The van der Waals surface area contributed by atoms with Gasteiger partial charge in [0, 0.05) is 0 Å². The van der Waals surface area contributed by atoms with E-state index in [1.165, 1.54) is 57.8 Å². The topological polar surface area (TPSA) is 0 Å². The maximum Gasteiger partial charge on any atom is -0.0235 e. The van der Waals surface area contributed by atoms with Gasteiger partial charge < -0.3 is 0 Å². The predicted molar refractivity (Wildman–Crippen MR) is 125 cm³/mol. The van der Waals surface area contributed by atoms with Gasteiger partial charge in [-0.3, -0.25) is 0 Å². The first-order valence-electron chi connectivity index (χ1n) is 13.6. The summed E-state index contributed by atoms with van der Waals surface area (Å²) in [5.41, 5.74) is 2.46. The average molecular weight is 399 g/mol. The van der Waals surface area contributed by atoms with Crippen LogP contribution in [0.2, 0.25) is 0 Å². The largest absolute Gasteiger partial charge is 0.0625 e. The third-order valence-electron chi connectivity index (χ3n) is 13.2. The van der Waals surface area contributed by atoms with E-state index >= 15 is 0 Å².